The summed E-state index contributed by atoms with van der Waals surface area (Å²) in [6, 6.07) is 3.56. The summed E-state index contributed by atoms with van der Waals surface area (Å²) in [4.78, 5) is 4.04. The highest BCUT2D eigenvalue weighted by Gasteiger charge is 2.32. The van der Waals surface area contributed by atoms with Gasteiger partial charge in [-0.2, -0.15) is 0 Å². The lowest BCUT2D eigenvalue weighted by Gasteiger charge is -2.23. The van der Waals surface area contributed by atoms with E-state index in [-0.39, 0.29) is 12.1 Å². The summed E-state index contributed by atoms with van der Waals surface area (Å²) in [5.41, 5.74) is 5.94. The van der Waals surface area contributed by atoms with Gasteiger partial charge in [-0.1, -0.05) is 13.0 Å². The highest BCUT2D eigenvalue weighted by molar-refractivity contribution is 5.51. The minimum Gasteiger partial charge on any atom is -0.367 e. The van der Waals surface area contributed by atoms with Crippen molar-refractivity contribution in [2.24, 2.45) is 11.7 Å². The Bertz CT molecular complexity index is 462. The first kappa shape index (κ1) is 14.2. The molecule has 0 radical (unpaired) electrons. The number of nitrogens with zero attached hydrogens (tertiary/aromatic N) is 2. The molecule has 2 unspecified atom stereocenters. The summed E-state index contributed by atoms with van der Waals surface area (Å²) >= 11 is 0. The molecule has 1 saturated heterocycles. The van der Waals surface area contributed by atoms with Crippen LogP contribution in [0.5, 0.6) is 0 Å². The van der Waals surface area contributed by atoms with E-state index < -0.39 is 11.6 Å². The van der Waals surface area contributed by atoms with E-state index in [0.717, 1.165) is 6.54 Å². The van der Waals surface area contributed by atoms with Crippen molar-refractivity contribution in [1.29, 1.82) is 0 Å². The van der Waals surface area contributed by atoms with Crippen molar-refractivity contribution >= 4 is 5.69 Å². The highest BCUT2D eigenvalue weighted by atomic mass is 19.2. The molecule has 1 fully saturated rings. The molecule has 2 atom stereocenters. The zero-order valence-corrected chi connectivity index (χ0v) is 11.7. The molecule has 2 rings (SSSR count). The number of rotatable bonds is 3. The topological polar surface area (TPSA) is 32.5 Å². The number of benzene rings is 1. The lowest BCUT2D eigenvalue weighted by molar-refractivity contribution is 0.266. The quantitative estimate of drug-likeness (QED) is 0.908. The van der Waals surface area contributed by atoms with Crippen molar-refractivity contribution in [3.05, 3.63) is 29.3 Å². The summed E-state index contributed by atoms with van der Waals surface area (Å²) in [7, 11) is 4.03. The van der Waals surface area contributed by atoms with Crippen LogP contribution in [-0.4, -0.2) is 38.1 Å². The van der Waals surface area contributed by atoms with Crippen LogP contribution >= 0.6 is 0 Å². The zero-order chi connectivity index (χ0) is 14.2. The molecule has 106 valence electrons. The van der Waals surface area contributed by atoms with Crippen LogP contribution < -0.4 is 10.6 Å². The van der Waals surface area contributed by atoms with Gasteiger partial charge in [0.05, 0.1) is 5.69 Å². The van der Waals surface area contributed by atoms with Crippen LogP contribution in [0.25, 0.3) is 0 Å². The Labute approximate surface area is 113 Å². The zero-order valence-electron chi connectivity index (χ0n) is 11.7. The summed E-state index contributed by atoms with van der Waals surface area (Å²) in [5, 5.41) is 0. The highest BCUT2D eigenvalue weighted by Crippen LogP contribution is 2.30. The monoisotopic (exact) mass is 269 g/mol. The Morgan fingerprint density at radius 2 is 1.95 bits per heavy atom. The van der Waals surface area contributed by atoms with Crippen molar-refractivity contribution in [3.63, 3.8) is 0 Å². The molecule has 2 N–H and O–H groups in total. The second-order valence-electron chi connectivity index (χ2n) is 5.49. The Morgan fingerprint density at radius 1 is 1.26 bits per heavy atom. The molecule has 1 aromatic rings. The fourth-order valence-corrected chi connectivity index (χ4v) is 2.80. The van der Waals surface area contributed by atoms with Crippen LogP contribution in [0.2, 0.25) is 0 Å². The van der Waals surface area contributed by atoms with Gasteiger partial charge in [-0.05, 0) is 26.1 Å². The lowest BCUT2D eigenvalue weighted by atomic mass is 10.1. The third-order valence-corrected chi connectivity index (χ3v) is 3.94. The molecule has 1 heterocycles. The molecule has 0 aromatic heterocycles. The molecule has 0 saturated carbocycles. The van der Waals surface area contributed by atoms with Crippen molar-refractivity contribution in [1.82, 2.24) is 4.90 Å². The molecule has 0 bridgehead atoms. The maximum absolute atomic E-state index is 14.1. The van der Waals surface area contributed by atoms with Gasteiger partial charge < -0.3 is 15.5 Å². The maximum Gasteiger partial charge on any atom is 0.182 e. The summed E-state index contributed by atoms with van der Waals surface area (Å²) in [5.74, 6) is -1.18. The summed E-state index contributed by atoms with van der Waals surface area (Å²) in [6.07, 6.45) is 0. The SMILES string of the molecule is CC1CN(c2ccc(CN)c(F)c2F)CC1N(C)C. The molecule has 1 aliphatic rings. The van der Waals surface area contributed by atoms with Crippen LogP contribution in [-0.2, 0) is 6.54 Å². The van der Waals surface area contributed by atoms with Crippen molar-refractivity contribution in [3.8, 4) is 0 Å². The molecule has 5 heteroatoms. The standard InChI is InChI=1S/C14H21F2N3/c1-9-7-19(8-12(9)18(2)3)11-5-4-10(6-17)13(15)14(11)16/h4-5,9,12H,6-8,17H2,1-3H3. The first-order chi connectivity index (χ1) is 8.95. The number of halogens is 2. The van der Waals surface area contributed by atoms with E-state index in [0.29, 0.717) is 24.2 Å². The minimum atomic E-state index is -0.819. The number of nitrogens with two attached hydrogens (primary N) is 1. The normalized spacial score (nSPS) is 23.4. The van der Waals surface area contributed by atoms with Gasteiger partial charge in [0.1, 0.15) is 0 Å². The molecule has 19 heavy (non-hydrogen) atoms. The fourth-order valence-electron chi connectivity index (χ4n) is 2.80. The lowest BCUT2D eigenvalue weighted by Crippen LogP contribution is -2.34. The third-order valence-electron chi connectivity index (χ3n) is 3.94. The molecule has 1 aromatic carbocycles. The van der Waals surface area contributed by atoms with Crippen LogP contribution in [0.1, 0.15) is 12.5 Å². The minimum absolute atomic E-state index is 0.0136. The van der Waals surface area contributed by atoms with E-state index in [2.05, 4.69) is 11.8 Å². The van der Waals surface area contributed by atoms with Crippen LogP contribution in [0.3, 0.4) is 0 Å². The Hall–Kier alpha value is -1.20. The van der Waals surface area contributed by atoms with Crippen molar-refractivity contribution in [2.75, 3.05) is 32.1 Å². The van der Waals surface area contributed by atoms with Gasteiger partial charge >= 0.3 is 0 Å². The summed E-state index contributed by atoms with van der Waals surface area (Å²) in [6.45, 7) is 3.60. The predicted molar refractivity (Wildman–Crippen MR) is 73.1 cm³/mol. The molecule has 0 spiro atoms. The predicted octanol–water partition coefficient (Wildman–Crippen LogP) is 1.81. The number of hydrogen-bond donors (Lipinski definition) is 1. The van der Waals surface area contributed by atoms with E-state index in [9.17, 15) is 8.78 Å². The van der Waals surface area contributed by atoms with E-state index in [1.165, 1.54) is 0 Å². The number of anilines is 1. The van der Waals surface area contributed by atoms with Gasteiger partial charge in [-0.3, -0.25) is 0 Å². The van der Waals surface area contributed by atoms with Gasteiger partial charge in [0.15, 0.2) is 11.6 Å². The Balaban J connectivity index is 2.27. The average Bonchev–Trinajstić information content (AvgIpc) is 2.74. The Morgan fingerprint density at radius 3 is 2.47 bits per heavy atom. The fraction of sp³-hybridized carbons (Fsp3) is 0.571. The van der Waals surface area contributed by atoms with Gasteiger partial charge in [-0.15, -0.1) is 0 Å². The molecule has 3 nitrogen and oxygen atoms in total. The van der Waals surface area contributed by atoms with E-state index >= 15 is 0 Å². The first-order valence-electron chi connectivity index (χ1n) is 6.54. The third kappa shape index (κ3) is 2.58. The first-order valence-corrected chi connectivity index (χ1v) is 6.54. The Kier molecular flexibility index (Phi) is 4.06. The van der Waals surface area contributed by atoms with Gasteiger partial charge in [0.2, 0.25) is 0 Å². The summed E-state index contributed by atoms with van der Waals surface area (Å²) < 4.78 is 27.8. The van der Waals surface area contributed by atoms with E-state index in [1.54, 1.807) is 12.1 Å². The van der Waals surface area contributed by atoms with Crippen LogP contribution in [0, 0.1) is 17.6 Å². The second-order valence-corrected chi connectivity index (χ2v) is 5.49. The van der Waals surface area contributed by atoms with Gasteiger partial charge in [-0.25, -0.2) is 8.78 Å². The molecule has 0 amide bonds. The number of likely N-dealkylation sites (N-methyl/N-ethyl adjacent to an activating group) is 1. The molecule has 0 aliphatic carbocycles. The molecular formula is C14H21F2N3. The number of hydrogen-bond acceptors (Lipinski definition) is 3. The second kappa shape index (κ2) is 5.43. The van der Waals surface area contributed by atoms with Gasteiger partial charge in [0, 0.05) is 31.2 Å². The largest absolute Gasteiger partial charge is 0.367 e. The van der Waals surface area contributed by atoms with Crippen LogP contribution in [0.15, 0.2) is 12.1 Å². The van der Waals surface area contributed by atoms with Gasteiger partial charge in [0.25, 0.3) is 0 Å². The smallest absolute Gasteiger partial charge is 0.182 e. The maximum atomic E-state index is 14.1. The average molecular weight is 269 g/mol. The molecular weight excluding hydrogens is 248 g/mol. The van der Waals surface area contributed by atoms with E-state index in [4.69, 9.17) is 5.73 Å². The van der Waals surface area contributed by atoms with Crippen molar-refractivity contribution in [2.45, 2.75) is 19.5 Å². The van der Waals surface area contributed by atoms with Crippen molar-refractivity contribution < 1.29 is 8.78 Å². The molecule has 1 aliphatic heterocycles. The van der Waals surface area contributed by atoms with E-state index in [1.807, 2.05) is 19.0 Å². The van der Waals surface area contributed by atoms with Crippen LogP contribution in [0.4, 0.5) is 14.5 Å².